The Morgan fingerprint density at radius 3 is 2.67 bits per heavy atom. The third-order valence-corrected chi connectivity index (χ3v) is 3.92. The van der Waals surface area contributed by atoms with Gasteiger partial charge in [-0.05, 0) is 12.5 Å². The second-order valence-electron chi connectivity index (χ2n) is 4.73. The van der Waals surface area contributed by atoms with Crippen molar-refractivity contribution in [2.24, 2.45) is 5.14 Å². The van der Waals surface area contributed by atoms with Crippen molar-refractivity contribution in [3.63, 3.8) is 0 Å². The van der Waals surface area contributed by atoms with Crippen LogP contribution >= 0.6 is 0 Å². The maximum Gasteiger partial charge on any atom is 0.257 e. The minimum atomic E-state index is -3.79. The molecule has 0 fully saturated rings. The first-order chi connectivity index (χ1) is 9.95. The lowest BCUT2D eigenvalue weighted by molar-refractivity contribution is 0.408. The Morgan fingerprint density at radius 2 is 2.05 bits per heavy atom. The van der Waals surface area contributed by atoms with E-state index in [2.05, 4.69) is 4.98 Å². The summed E-state index contributed by atoms with van der Waals surface area (Å²) in [6.45, 7) is 2.50. The normalized spacial score (nSPS) is 11.6. The highest BCUT2D eigenvalue weighted by atomic mass is 32.2. The van der Waals surface area contributed by atoms with Gasteiger partial charge in [0.1, 0.15) is 11.6 Å². The number of rotatable bonds is 6. The van der Waals surface area contributed by atoms with Crippen molar-refractivity contribution in [1.82, 2.24) is 9.55 Å². The zero-order chi connectivity index (χ0) is 15.5. The van der Waals surface area contributed by atoms with Crippen LogP contribution < -0.4 is 9.88 Å². The minimum Gasteiger partial charge on any atom is -0.496 e. The monoisotopic (exact) mass is 309 g/mol. The molecule has 2 N–H and O–H groups in total. The molecule has 0 saturated heterocycles. The molecule has 0 aliphatic carbocycles. The van der Waals surface area contributed by atoms with Crippen molar-refractivity contribution in [2.75, 3.05) is 7.11 Å². The van der Waals surface area contributed by atoms with Gasteiger partial charge in [0, 0.05) is 18.2 Å². The number of aromatic nitrogens is 2. The van der Waals surface area contributed by atoms with E-state index in [0.29, 0.717) is 18.8 Å². The fourth-order valence-corrected chi connectivity index (χ4v) is 2.65. The van der Waals surface area contributed by atoms with Crippen molar-refractivity contribution in [2.45, 2.75) is 31.3 Å². The molecule has 2 aromatic rings. The fourth-order valence-electron chi connectivity index (χ4n) is 2.14. The summed E-state index contributed by atoms with van der Waals surface area (Å²) in [6.07, 6.45) is 3.03. The van der Waals surface area contributed by atoms with Crippen LogP contribution in [0.1, 0.15) is 24.7 Å². The molecule has 2 rings (SSSR count). The molecule has 0 saturated carbocycles. The van der Waals surface area contributed by atoms with Gasteiger partial charge in [-0.2, -0.15) is 0 Å². The Balaban J connectivity index is 2.40. The van der Waals surface area contributed by atoms with E-state index in [-0.39, 0.29) is 5.03 Å². The van der Waals surface area contributed by atoms with E-state index in [1.165, 1.54) is 6.20 Å². The van der Waals surface area contributed by atoms with Crippen LogP contribution in [0.15, 0.2) is 35.5 Å². The Hall–Kier alpha value is -1.86. The Morgan fingerprint density at radius 1 is 1.33 bits per heavy atom. The average Bonchev–Trinajstić information content (AvgIpc) is 2.83. The van der Waals surface area contributed by atoms with E-state index in [0.717, 1.165) is 17.7 Å². The second-order valence-corrected chi connectivity index (χ2v) is 6.24. The molecule has 0 radical (unpaired) electrons. The molecule has 7 heteroatoms. The molecule has 0 amide bonds. The molecule has 0 aliphatic rings. The highest BCUT2D eigenvalue weighted by molar-refractivity contribution is 7.89. The van der Waals surface area contributed by atoms with Gasteiger partial charge in [-0.15, -0.1) is 0 Å². The lowest BCUT2D eigenvalue weighted by Crippen LogP contribution is -2.12. The summed E-state index contributed by atoms with van der Waals surface area (Å²) in [6, 6.07) is 7.60. The van der Waals surface area contributed by atoms with Gasteiger partial charge in [0.15, 0.2) is 5.03 Å². The fraction of sp³-hybridized carbons (Fsp3) is 0.357. The number of para-hydroxylation sites is 1. The van der Waals surface area contributed by atoms with Crippen LogP contribution in [0.2, 0.25) is 0 Å². The minimum absolute atomic E-state index is 0.0964. The molecule has 1 aromatic heterocycles. The average molecular weight is 309 g/mol. The van der Waals surface area contributed by atoms with Crippen LogP contribution in [-0.2, 0) is 23.0 Å². The summed E-state index contributed by atoms with van der Waals surface area (Å²) in [5.74, 6) is 1.46. The van der Waals surface area contributed by atoms with Gasteiger partial charge in [-0.1, -0.05) is 25.1 Å². The third kappa shape index (κ3) is 3.62. The van der Waals surface area contributed by atoms with Gasteiger partial charge < -0.3 is 9.30 Å². The van der Waals surface area contributed by atoms with Gasteiger partial charge in [-0.3, -0.25) is 0 Å². The predicted octanol–water partition coefficient (Wildman–Crippen LogP) is 1.54. The molecule has 0 aliphatic heterocycles. The van der Waals surface area contributed by atoms with E-state index < -0.39 is 10.0 Å². The van der Waals surface area contributed by atoms with Crippen molar-refractivity contribution in [3.8, 4) is 5.75 Å². The van der Waals surface area contributed by atoms with Crippen molar-refractivity contribution in [1.29, 1.82) is 0 Å². The molecule has 0 atom stereocenters. The number of aryl methyl sites for hydroxylation is 1. The van der Waals surface area contributed by atoms with E-state index in [1.54, 1.807) is 11.7 Å². The number of imidazole rings is 1. The Labute approximate surface area is 124 Å². The zero-order valence-electron chi connectivity index (χ0n) is 12.1. The number of methoxy groups -OCH3 is 1. The molecule has 114 valence electrons. The first kappa shape index (κ1) is 15.5. The van der Waals surface area contributed by atoms with Crippen LogP contribution in [-0.4, -0.2) is 25.1 Å². The van der Waals surface area contributed by atoms with E-state index in [1.807, 2.05) is 31.2 Å². The first-order valence-corrected chi connectivity index (χ1v) is 8.21. The molecule has 1 heterocycles. The maximum atomic E-state index is 11.5. The highest BCUT2D eigenvalue weighted by Gasteiger charge is 2.16. The lowest BCUT2D eigenvalue weighted by Gasteiger charge is -2.10. The molecule has 0 spiro atoms. The SMILES string of the molecule is CCCc1nc(S(N)(=O)=O)cn1Cc1ccccc1OC. The molecule has 0 unspecified atom stereocenters. The van der Waals surface area contributed by atoms with Crippen molar-refractivity contribution in [3.05, 3.63) is 41.9 Å². The molecular formula is C14H19N3O3S. The molecule has 0 bridgehead atoms. The first-order valence-electron chi connectivity index (χ1n) is 6.66. The number of sulfonamides is 1. The number of hydrogen-bond acceptors (Lipinski definition) is 4. The van der Waals surface area contributed by atoms with Crippen molar-refractivity contribution >= 4 is 10.0 Å². The van der Waals surface area contributed by atoms with E-state index in [4.69, 9.17) is 9.88 Å². The number of primary sulfonamides is 1. The van der Waals surface area contributed by atoms with Gasteiger partial charge in [0.25, 0.3) is 10.0 Å². The topological polar surface area (TPSA) is 87.2 Å². The van der Waals surface area contributed by atoms with Crippen LogP contribution in [0.25, 0.3) is 0 Å². The third-order valence-electron chi connectivity index (χ3n) is 3.14. The van der Waals surface area contributed by atoms with E-state index >= 15 is 0 Å². The summed E-state index contributed by atoms with van der Waals surface area (Å²) in [7, 11) is -2.19. The van der Waals surface area contributed by atoms with Gasteiger partial charge in [-0.25, -0.2) is 18.5 Å². The summed E-state index contributed by atoms with van der Waals surface area (Å²) in [5, 5.41) is 5.06. The second kappa shape index (κ2) is 6.28. The predicted molar refractivity (Wildman–Crippen MR) is 79.7 cm³/mol. The van der Waals surface area contributed by atoms with Gasteiger partial charge in [0.05, 0.1) is 13.7 Å². The Kier molecular flexibility index (Phi) is 4.64. The number of nitrogens with zero attached hydrogens (tertiary/aromatic N) is 2. The summed E-state index contributed by atoms with van der Waals surface area (Å²) in [4.78, 5) is 4.13. The van der Waals surface area contributed by atoms with Crippen LogP contribution in [0, 0.1) is 0 Å². The molecule has 21 heavy (non-hydrogen) atoms. The van der Waals surface area contributed by atoms with Crippen LogP contribution in [0.5, 0.6) is 5.75 Å². The lowest BCUT2D eigenvalue weighted by atomic mass is 10.2. The van der Waals surface area contributed by atoms with Gasteiger partial charge in [0.2, 0.25) is 0 Å². The van der Waals surface area contributed by atoms with Crippen molar-refractivity contribution < 1.29 is 13.2 Å². The zero-order valence-corrected chi connectivity index (χ0v) is 12.9. The van der Waals surface area contributed by atoms with Crippen LogP contribution in [0.4, 0.5) is 0 Å². The summed E-state index contributed by atoms with van der Waals surface area (Å²) < 4.78 is 30.0. The smallest absolute Gasteiger partial charge is 0.257 e. The number of benzene rings is 1. The molecule has 6 nitrogen and oxygen atoms in total. The maximum absolute atomic E-state index is 11.5. The summed E-state index contributed by atoms with van der Waals surface area (Å²) >= 11 is 0. The number of nitrogens with two attached hydrogens (primary N) is 1. The highest BCUT2D eigenvalue weighted by Crippen LogP contribution is 2.20. The van der Waals surface area contributed by atoms with Gasteiger partial charge >= 0.3 is 0 Å². The number of ether oxygens (including phenoxy) is 1. The standard InChI is InChI=1S/C14H19N3O3S/c1-3-6-13-16-14(21(15,18)19)10-17(13)9-11-7-4-5-8-12(11)20-2/h4-5,7-8,10H,3,6,9H2,1-2H3,(H2,15,18,19). The number of hydrogen-bond donors (Lipinski definition) is 1. The largest absolute Gasteiger partial charge is 0.496 e. The molecule has 1 aromatic carbocycles. The van der Waals surface area contributed by atoms with E-state index in [9.17, 15) is 8.42 Å². The molecular weight excluding hydrogens is 290 g/mol. The van der Waals surface area contributed by atoms with Crippen LogP contribution in [0.3, 0.4) is 0 Å². The summed E-state index contributed by atoms with van der Waals surface area (Å²) in [5.41, 5.74) is 0.954. The Bertz CT molecular complexity index is 723. The quantitative estimate of drug-likeness (QED) is 0.877.